The second-order valence-electron chi connectivity index (χ2n) is 4.13. The van der Waals surface area contributed by atoms with E-state index in [1.54, 1.807) is 12.4 Å². The molecule has 0 fully saturated rings. The second kappa shape index (κ2) is 5.16. The number of nitrogens with zero attached hydrogens (tertiary/aromatic N) is 1. The molecule has 0 saturated carbocycles. The van der Waals surface area contributed by atoms with Gasteiger partial charge in [-0.05, 0) is 25.2 Å². The topological polar surface area (TPSA) is 52.6 Å². The second-order valence-corrected chi connectivity index (χ2v) is 4.13. The fourth-order valence-electron chi connectivity index (χ4n) is 1.90. The number of rotatable bonds is 4. The standard InChI is InChI=1S/C14H14N2O3/c1-15-7-10-8-16-5-4-12(10)19-11-2-3-13-14(6-11)18-9-17-13/h2-6,8,15H,7,9H2,1H3. The number of fused-ring (bicyclic) bond motifs is 1. The molecular weight excluding hydrogens is 244 g/mol. The average molecular weight is 258 g/mol. The van der Waals surface area contributed by atoms with Crippen molar-refractivity contribution >= 4 is 0 Å². The molecule has 0 radical (unpaired) electrons. The highest BCUT2D eigenvalue weighted by molar-refractivity contribution is 5.48. The fourth-order valence-corrected chi connectivity index (χ4v) is 1.90. The van der Waals surface area contributed by atoms with Crippen LogP contribution in [0.3, 0.4) is 0 Å². The maximum absolute atomic E-state index is 5.87. The fraction of sp³-hybridized carbons (Fsp3) is 0.214. The molecule has 0 spiro atoms. The van der Waals surface area contributed by atoms with Crippen molar-refractivity contribution in [2.75, 3.05) is 13.8 Å². The van der Waals surface area contributed by atoms with Crippen LogP contribution in [0.15, 0.2) is 36.7 Å². The van der Waals surface area contributed by atoms with E-state index in [-0.39, 0.29) is 6.79 Å². The molecule has 0 amide bonds. The van der Waals surface area contributed by atoms with Crippen LogP contribution in [0.1, 0.15) is 5.56 Å². The predicted molar refractivity (Wildman–Crippen MR) is 69.6 cm³/mol. The molecule has 1 aliphatic heterocycles. The third-order valence-electron chi connectivity index (χ3n) is 2.80. The SMILES string of the molecule is CNCc1cnccc1Oc1ccc2c(c1)OCO2. The Hall–Kier alpha value is -2.27. The zero-order valence-corrected chi connectivity index (χ0v) is 10.6. The molecule has 0 aliphatic carbocycles. The van der Waals surface area contributed by atoms with Gasteiger partial charge >= 0.3 is 0 Å². The summed E-state index contributed by atoms with van der Waals surface area (Å²) in [7, 11) is 1.89. The minimum Gasteiger partial charge on any atom is -0.457 e. The van der Waals surface area contributed by atoms with Crippen molar-refractivity contribution in [1.82, 2.24) is 10.3 Å². The molecule has 1 aromatic heterocycles. The summed E-state index contributed by atoms with van der Waals surface area (Å²) in [4.78, 5) is 4.10. The molecule has 1 aliphatic rings. The van der Waals surface area contributed by atoms with Crippen LogP contribution >= 0.6 is 0 Å². The summed E-state index contributed by atoms with van der Waals surface area (Å²) in [5.74, 6) is 2.95. The van der Waals surface area contributed by atoms with Crippen molar-refractivity contribution in [2.24, 2.45) is 0 Å². The van der Waals surface area contributed by atoms with Gasteiger partial charge in [0.25, 0.3) is 0 Å². The number of benzene rings is 1. The molecule has 2 aromatic rings. The maximum atomic E-state index is 5.87. The van der Waals surface area contributed by atoms with Crippen LogP contribution in [0.2, 0.25) is 0 Å². The normalized spacial score (nSPS) is 12.5. The highest BCUT2D eigenvalue weighted by atomic mass is 16.7. The van der Waals surface area contributed by atoms with Crippen LogP contribution in [0.5, 0.6) is 23.0 Å². The molecule has 3 rings (SSSR count). The van der Waals surface area contributed by atoms with E-state index in [0.29, 0.717) is 18.0 Å². The van der Waals surface area contributed by atoms with Crippen molar-refractivity contribution < 1.29 is 14.2 Å². The molecule has 1 aromatic carbocycles. The molecule has 0 atom stereocenters. The zero-order chi connectivity index (χ0) is 13.1. The lowest BCUT2D eigenvalue weighted by molar-refractivity contribution is 0.174. The summed E-state index contributed by atoms with van der Waals surface area (Å²) in [5.41, 5.74) is 1.00. The first-order valence-corrected chi connectivity index (χ1v) is 6.02. The van der Waals surface area contributed by atoms with Gasteiger partial charge in [0.15, 0.2) is 11.5 Å². The van der Waals surface area contributed by atoms with E-state index >= 15 is 0 Å². The Bertz CT molecular complexity index is 587. The monoisotopic (exact) mass is 258 g/mol. The minimum absolute atomic E-state index is 0.263. The average Bonchev–Trinajstić information content (AvgIpc) is 2.89. The van der Waals surface area contributed by atoms with Crippen molar-refractivity contribution in [3.05, 3.63) is 42.2 Å². The Morgan fingerprint density at radius 2 is 2.16 bits per heavy atom. The molecule has 19 heavy (non-hydrogen) atoms. The third-order valence-corrected chi connectivity index (χ3v) is 2.80. The lowest BCUT2D eigenvalue weighted by Gasteiger charge is -2.10. The van der Waals surface area contributed by atoms with E-state index in [4.69, 9.17) is 14.2 Å². The van der Waals surface area contributed by atoms with Gasteiger partial charge < -0.3 is 19.5 Å². The first-order valence-electron chi connectivity index (χ1n) is 6.02. The van der Waals surface area contributed by atoms with Gasteiger partial charge in [0.1, 0.15) is 11.5 Å². The maximum Gasteiger partial charge on any atom is 0.231 e. The first kappa shape index (κ1) is 11.8. The summed E-state index contributed by atoms with van der Waals surface area (Å²) in [6.45, 7) is 0.965. The smallest absolute Gasteiger partial charge is 0.231 e. The van der Waals surface area contributed by atoms with Crippen molar-refractivity contribution in [1.29, 1.82) is 0 Å². The zero-order valence-electron chi connectivity index (χ0n) is 10.6. The summed E-state index contributed by atoms with van der Waals surface area (Å²) in [5, 5.41) is 3.09. The quantitative estimate of drug-likeness (QED) is 0.912. The van der Waals surface area contributed by atoms with E-state index in [1.165, 1.54) is 0 Å². The van der Waals surface area contributed by atoms with Crippen LogP contribution in [-0.4, -0.2) is 18.8 Å². The predicted octanol–water partition coefficient (Wildman–Crippen LogP) is 2.32. The molecule has 98 valence electrons. The van der Waals surface area contributed by atoms with Crippen LogP contribution in [-0.2, 0) is 6.54 Å². The highest BCUT2D eigenvalue weighted by Gasteiger charge is 2.14. The summed E-state index contributed by atoms with van der Waals surface area (Å²) in [6, 6.07) is 7.37. The largest absolute Gasteiger partial charge is 0.457 e. The summed E-state index contributed by atoms with van der Waals surface area (Å²) >= 11 is 0. The van der Waals surface area contributed by atoms with Crippen molar-refractivity contribution in [3.63, 3.8) is 0 Å². The Morgan fingerprint density at radius 1 is 1.26 bits per heavy atom. The van der Waals surface area contributed by atoms with Crippen LogP contribution in [0, 0.1) is 0 Å². The van der Waals surface area contributed by atoms with Gasteiger partial charge in [0.2, 0.25) is 6.79 Å². The number of nitrogens with one attached hydrogen (secondary N) is 1. The summed E-state index contributed by atoms with van der Waals surface area (Å²) < 4.78 is 16.5. The van der Waals surface area contributed by atoms with Crippen LogP contribution in [0.25, 0.3) is 0 Å². The first-order chi connectivity index (χ1) is 9.36. The summed E-state index contributed by atoms with van der Waals surface area (Å²) in [6.07, 6.45) is 3.50. The molecular formula is C14H14N2O3. The van der Waals surface area contributed by atoms with E-state index in [1.807, 2.05) is 31.3 Å². The number of pyridine rings is 1. The molecule has 2 heterocycles. The van der Waals surface area contributed by atoms with Crippen LogP contribution < -0.4 is 19.5 Å². The Labute approximate surface area is 111 Å². The van der Waals surface area contributed by atoms with E-state index in [9.17, 15) is 0 Å². The number of aromatic nitrogens is 1. The van der Waals surface area contributed by atoms with Gasteiger partial charge in [-0.3, -0.25) is 4.98 Å². The van der Waals surface area contributed by atoms with Crippen molar-refractivity contribution in [3.8, 4) is 23.0 Å². The highest BCUT2D eigenvalue weighted by Crippen LogP contribution is 2.36. The van der Waals surface area contributed by atoms with Gasteiger partial charge in [-0.1, -0.05) is 0 Å². The Morgan fingerprint density at radius 3 is 3.05 bits per heavy atom. The molecule has 1 N–H and O–H groups in total. The van der Waals surface area contributed by atoms with Gasteiger partial charge in [-0.25, -0.2) is 0 Å². The lowest BCUT2D eigenvalue weighted by atomic mass is 10.2. The number of hydrogen-bond acceptors (Lipinski definition) is 5. The molecule has 0 unspecified atom stereocenters. The molecule has 5 heteroatoms. The molecule has 5 nitrogen and oxygen atoms in total. The number of hydrogen-bond donors (Lipinski definition) is 1. The number of ether oxygens (including phenoxy) is 3. The van der Waals surface area contributed by atoms with Gasteiger partial charge in [-0.2, -0.15) is 0 Å². The molecule has 0 bridgehead atoms. The van der Waals surface area contributed by atoms with E-state index in [2.05, 4.69) is 10.3 Å². The Kier molecular flexibility index (Phi) is 3.20. The third kappa shape index (κ3) is 2.46. The van der Waals surface area contributed by atoms with Crippen molar-refractivity contribution in [2.45, 2.75) is 6.54 Å². The van der Waals surface area contributed by atoms with Gasteiger partial charge in [-0.15, -0.1) is 0 Å². The minimum atomic E-state index is 0.263. The lowest BCUT2D eigenvalue weighted by Crippen LogP contribution is -2.06. The van der Waals surface area contributed by atoms with E-state index < -0.39 is 0 Å². The van der Waals surface area contributed by atoms with Gasteiger partial charge in [0, 0.05) is 30.6 Å². The Balaban J connectivity index is 1.85. The van der Waals surface area contributed by atoms with Crippen LogP contribution in [0.4, 0.5) is 0 Å². The van der Waals surface area contributed by atoms with E-state index in [0.717, 1.165) is 17.1 Å². The molecule has 0 saturated heterocycles. The van der Waals surface area contributed by atoms with Gasteiger partial charge in [0.05, 0.1) is 0 Å².